The van der Waals surface area contributed by atoms with E-state index >= 15 is 4.79 Å². The summed E-state index contributed by atoms with van der Waals surface area (Å²) in [6.45, 7) is 27.4. The van der Waals surface area contributed by atoms with Crippen LogP contribution in [0.1, 0.15) is 225 Å². The van der Waals surface area contributed by atoms with Crippen molar-refractivity contribution in [2.45, 2.75) is 246 Å². The molecule has 9 aromatic heterocycles. The Hall–Kier alpha value is -12.9. The molecule has 4 fully saturated rings. The first-order chi connectivity index (χ1) is 69.1. The maximum atomic E-state index is 15.4. The van der Waals surface area contributed by atoms with Crippen molar-refractivity contribution in [3.63, 3.8) is 0 Å². The molecule has 4 aromatic carbocycles. The fraction of sp³-hybridized carbons (Fsp3) is 0.396. The van der Waals surface area contributed by atoms with Crippen molar-refractivity contribution in [2.75, 3.05) is 13.1 Å². The normalized spacial score (nSPS) is 20.4. The van der Waals surface area contributed by atoms with E-state index in [-0.39, 0.29) is 106 Å². The number of aliphatic imine (C=N–C) groups is 2. The number of amides is 7. The zero-order valence-corrected chi connectivity index (χ0v) is 87.0. The number of ether oxygens (including phenoxy) is 3. The van der Waals surface area contributed by atoms with Crippen molar-refractivity contribution < 1.29 is 52.9 Å². The number of hydrogen-bond donors (Lipinski definition) is 6. The first-order valence-corrected chi connectivity index (χ1v) is 52.7. The number of thiazole rings is 2. The van der Waals surface area contributed by atoms with E-state index in [1.165, 1.54) is 21.1 Å². The molecule has 0 spiro atoms. The third-order valence-corrected chi connectivity index (χ3v) is 32.8. The lowest BCUT2D eigenvalue weighted by molar-refractivity contribution is -0.144. The third kappa shape index (κ3) is 21.1. The molecule has 2 aliphatic carbocycles. The fourth-order valence-electron chi connectivity index (χ4n) is 19.8. The van der Waals surface area contributed by atoms with E-state index in [9.17, 15) is 33.9 Å². The quantitative estimate of drug-likeness (QED) is 0.0235. The van der Waals surface area contributed by atoms with Gasteiger partial charge in [-0.3, -0.25) is 57.4 Å². The minimum absolute atomic E-state index is 0.0355. The Balaban J connectivity index is 0.452. The van der Waals surface area contributed by atoms with E-state index in [1.807, 2.05) is 187 Å². The molecule has 144 heavy (non-hydrogen) atoms. The van der Waals surface area contributed by atoms with Crippen LogP contribution < -0.4 is 36.1 Å². The minimum atomic E-state index is -1.08. The molecule has 10 atom stereocenters. The smallest absolute Gasteiger partial charge is 0.248 e. The number of β-amino-alcohol motifs (C(OH)–C–C–N with tert-alkyl or cyclic N) is 1. The van der Waals surface area contributed by atoms with Crippen LogP contribution in [-0.2, 0) is 51.3 Å². The monoisotopic (exact) mass is 2050 g/mol. The van der Waals surface area contributed by atoms with E-state index in [0.29, 0.717) is 87.6 Å². The predicted molar refractivity (Wildman–Crippen MR) is 553 cm³/mol. The molecule has 2 saturated carbocycles. The zero-order chi connectivity index (χ0) is 101. The SMILES string of the molecule is Cc1ncsc1-c1ccc([C@H](C)NC(=O)[C@@H]2C[C@@H](OCc3ncsc3-c3ccc([C@H](C)NC(=O)[C@@H]4C[C@@H](O)CN4C(=O)[C@H](C(C)C)n4cc(-c5ccc(O[C@H]6C[C@H](NC(=O)C[C@@H]7N=C(c8ccc(Cl)cc8)c8c(sc(C)c8C)-n8c(C)nnc87)C6)nc5)cn4)cc3)CN2C(=O)[C@@H](NC(=O)Cc2ccc(O[C@H]3C[C@@H](NC(=O)C[C@@H]4N=C(c5ccc(Cl)cc5)c5c(sc(C)c5C)-n5c(C)nnc54)C3)nc2)C(C)(C)C)cc1. The Bertz CT molecular complexity index is 7070. The predicted octanol–water partition coefficient (Wildman–Crippen LogP) is 16.5. The standard InChI is InChI=1S/C106H113Cl2N21O11S4/c1-53(2)94(127-47-71(46-113-127)70-28-34-89(110-45-70)140-78-38-75(39-78)117-87(133)43-81-99-124-122-62(11)129(99)105-91(55(4)60(9)144-105)93(119-81)67-26-31-73(108)32-27-67)102(136)125-48-76(130)40-83(125)100(134)114-56(5)65-18-22-69(23-19-65)96-82(112-52-142-96)50-138-79-41-84(101(135)115-57(6)64-16-20-68(21-17-64)95-58(7)111-51-141-95)126(49-79)103(137)97(106(12,13)14)120-85(131)35-63-15-33-88(109-44-63)139-77-36-74(37-77)116-86(132)42-80-98-123-121-61(10)128(98)104-90(54(3)59(8)143-104)92(118-80)66-24-29-72(107)30-25-66/h15-34,44-47,51-53,56-57,74-81,83-84,94,97,130H,35-43,48-50H2,1-14H3,(H,114,134)(H,115,135)(H,116,132)(H,117,133)(H,120,131)/t56-,57-,74-,75-,76+,77+,78-,79+,80-,81-,83-,84-,94-,97+/m0/s1. The van der Waals surface area contributed by atoms with Crippen molar-refractivity contribution in [1.29, 1.82) is 0 Å². The second kappa shape index (κ2) is 41.7. The number of benzene rings is 4. The number of pyridine rings is 2. The third-order valence-electron chi connectivity index (χ3n) is 28.0. The summed E-state index contributed by atoms with van der Waals surface area (Å²) in [7, 11) is 0. The van der Waals surface area contributed by atoms with Gasteiger partial charge in [0.2, 0.25) is 53.1 Å². The number of carbonyl (C=O) groups is 7. The van der Waals surface area contributed by atoms with Gasteiger partial charge >= 0.3 is 0 Å². The second-order valence-electron chi connectivity index (χ2n) is 39.7. The summed E-state index contributed by atoms with van der Waals surface area (Å²) in [5.41, 5.74) is 17.3. The van der Waals surface area contributed by atoms with Crippen LogP contribution in [0.5, 0.6) is 11.8 Å². The van der Waals surface area contributed by atoms with E-state index in [4.69, 9.17) is 52.4 Å². The van der Waals surface area contributed by atoms with Crippen LogP contribution in [0.15, 0.2) is 167 Å². The first-order valence-electron chi connectivity index (χ1n) is 48.5. The van der Waals surface area contributed by atoms with Gasteiger partial charge in [0.15, 0.2) is 11.6 Å². The summed E-state index contributed by atoms with van der Waals surface area (Å²) in [4.78, 5) is 138. The van der Waals surface area contributed by atoms with Crippen molar-refractivity contribution in [1.82, 2.24) is 95.6 Å². The first kappa shape index (κ1) is 99.8. The Morgan fingerprint density at radius 3 is 1.49 bits per heavy atom. The van der Waals surface area contributed by atoms with Gasteiger partial charge in [-0.05, 0) is 143 Å². The number of likely N-dealkylation sites (tertiary alicyclic amines) is 2. The number of hydrogen-bond acceptors (Lipinski definition) is 26. The Morgan fingerprint density at radius 2 is 0.993 bits per heavy atom. The lowest BCUT2D eigenvalue weighted by atomic mass is 9.85. The van der Waals surface area contributed by atoms with E-state index < -0.39 is 83.7 Å². The van der Waals surface area contributed by atoms with Crippen LogP contribution in [0.2, 0.25) is 10.0 Å². The highest BCUT2D eigenvalue weighted by atomic mass is 35.5. The number of fused-ring (bicyclic) bond motifs is 6. The summed E-state index contributed by atoms with van der Waals surface area (Å²) in [6, 6.07) is 31.7. The highest BCUT2D eigenvalue weighted by Crippen LogP contribution is 2.45. The summed E-state index contributed by atoms with van der Waals surface area (Å²) in [6.07, 6.45) is 7.20. The van der Waals surface area contributed by atoms with Crippen LogP contribution in [0.3, 0.4) is 0 Å². The van der Waals surface area contributed by atoms with Crippen LogP contribution in [0, 0.1) is 59.8 Å². The molecular weight excluding hydrogens is 1940 g/mol. The molecule has 2 saturated heterocycles. The number of carbonyl (C=O) groups excluding carboxylic acids is 7. The van der Waals surface area contributed by atoms with Crippen LogP contribution in [0.25, 0.3) is 42.0 Å². The molecule has 13 aromatic rings. The number of aryl methyl sites for hydroxylation is 5. The highest BCUT2D eigenvalue weighted by Gasteiger charge is 2.48. The summed E-state index contributed by atoms with van der Waals surface area (Å²) < 4.78 is 25.0. The molecule has 7 amide bonds. The van der Waals surface area contributed by atoms with Gasteiger partial charge in [0.05, 0.1) is 99.9 Å². The number of nitrogens with one attached hydrogen (secondary N) is 5. The van der Waals surface area contributed by atoms with Gasteiger partial charge in [-0.1, -0.05) is 137 Å². The Kier molecular flexibility index (Phi) is 28.9. The van der Waals surface area contributed by atoms with Crippen molar-refractivity contribution in [2.24, 2.45) is 21.3 Å². The zero-order valence-electron chi connectivity index (χ0n) is 82.2. The maximum Gasteiger partial charge on any atom is 0.248 e. The molecule has 38 heteroatoms. The molecule has 19 rings (SSSR count). The van der Waals surface area contributed by atoms with E-state index in [2.05, 4.69) is 94.7 Å². The molecule has 6 N–H and O–H groups in total. The van der Waals surface area contributed by atoms with Crippen LogP contribution in [-0.4, -0.2) is 195 Å². The number of halogens is 2. The van der Waals surface area contributed by atoms with Crippen LogP contribution in [0.4, 0.5) is 0 Å². The van der Waals surface area contributed by atoms with E-state index in [0.717, 1.165) is 108 Å². The summed E-state index contributed by atoms with van der Waals surface area (Å²) in [5.74, 6) is 0.763. The molecule has 32 nitrogen and oxygen atoms in total. The number of rotatable bonds is 31. The lowest BCUT2D eigenvalue weighted by Gasteiger charge is -2.35. The molecule has 0 unspecified atom stereocenters. The highest BCUT2D eigenvalue weighted by molar-refractivity contribution is 7.15. The van der Waals surface area contributed by atoms with Gasteiger partial charge in [-0.25, -0.2) is 19.9 Å². The molecule has 0 bridgehead atoms. The average Bonchev–Trinajstić information content (AvgIpc) is 1.59. The number of nitrogens with zero attached hydrogens (tertiary/aromatic N) is 16. The second-order valence-corrected chi connectivity index (χ2v) is 44.7. The fourth-order valence-corrected chi connectivity index (χ4v) is 24.0. The van der Waals surface area contributed by atoms with Crippen molar-refractivity contribution in [3.05, 3.63) is 262 Å². The van der Waals surface area contributed by atoms with Gasteiger partial charge < -0.3 is 55.7 Å². The minimum Gasteiger partial charge on any atom is -0.474 e. The Morgan fingerprint density at radius 1 is 0.507 bits per heavy atom. The van der Waals surface area contributed by atoms with Gasteiger partial charge in [-0.2, -0.15) is 5.10 Å². The molecule has 746 valence electrons. The number of aliphatic hydroxyl groups excluding tert-OH is 1. The average molecular weight is 2060 g/mol. The summed E-state index contributed by atoms with van der Waals surface area (Å²) >= 11 is 19.0. The topological polar surface area (TPSA) is 390 Å². The molecule has 6 aliphatic rings. The van der Waals surface area contributed by atoms with Crippen LogP contribution >= 0.6 is 68.5 Å². The lowest BCUT2D eigenvalue weighted by Crippen LogP contribution is -2.58. The molecular formula is C106H113Cl2N21O11S4. The van der Waals surface area contributed by atoms with Gasteiger partial charge in [0, 0.05) is 148 Å². The number of thiophene rings is 2. The van der Waals surface area contributed by atoms with E-state index in [1.54, 1.807) is 87.2 Å². The van der Waals surface area contributed by atoms with Gasteiger partial charge in [0.1, 0.15) is 70.1 Å². The molecule has 0 radical (unpaired) electrons. The van der Waals surface area contributed by atoms with Gasteiger partial charge in [0.25, 0.3) is 0 Å². The maximum absolute atomic E-state index is 15.4. The largest absolute Gasteiger partial charge is 0.474 e. The Labute approximate surface area is 859 Å². The molecule has 13 heterocycles. The number of aromatic nitrogens is 12. The molecule has 4 aliphatic heterocycles. The van der Waals surface area contributed by atoms with Crippen molar-refractivity contribution in [3.8, 4) is 53.8 Å². The van der Waals surface area contributed by atoms with Crippen molar-refractivity contribution >= 4 is 121 Å². The van der Waals surface area contributed by atoms with Gasteiger partial charge in [-0.15, -0.1) is 65.7 Å². The summed E-state index contributed by atoms with van der Waals surface area (Å²) in [5, 5.41) is 52.8. The number of aliphatic hydroxyl groups is 1.